The largest absolute Gasteiger partial charge is 0.326 e. The quantitative estimate of drug-likeness (QED) is 0.504. The minimum absolute atomic E-state index is 0.00446. The molecule has 0 heterocycles. The summed E-state index contributed by atoms with van der Waals surface area (Å²) in [6, 6.07) is 9.39. The normalized spacial score (nSPS) is 11.9. The van der Waals surface area contributed by atoms with Crippen LogP contribution in [0.1, 0.15) is 53.4 Å². The Hall–Kier alpha value is -1.88. The molecule has 0 aliphatic heterocycles. The van der Waals surface area contributed by atoms with E-state index >= 15 is 0 Å². The Bertz CT molecular complexity index is 524. The first kappa shape index (κ1) is 19.2. The van der Waals surface area contributed by atoms with Gasteiger partial charge in [-0.05, 0) is 35.8 Å². The zero-order chi connectivity index (χ0) is 17.5. The van der Waals surface area contributed by atoms with Crippen LogP contribution in [0.4, 0.5) is 5.69 Å². The summed E-state index contributed by atoms with van der Waals surface area (Å²) >= 11 is 0. The van der Waals surface area contributed by atoms with E-state index < -0.39 is 0 Å². The second-order valence-electron chi connectivity index (χ2n) is 7.63. The van der Waals surface area contributed by atoms with Gasteiger partial charge in [0.15, 0.2) is 0 Å². The third-order valence-corrected chi connectivity index (χ3v) is 3.81. The molecular weight excluding hydrogens is 292 g/mol. The molecule has 23 heavy (non-hydrogen) atoms. The van der Waals surface area contributed by atoms with Crippen LogP contribution in [0.25, 0.3) is 0 Å². The summed E-state index contributed by atoms with van der Waals surface area (Å²) in [5, 5.41) is 11.5. The van der Waals surface area contributed by atoms with Crippen LogP contribution in [-0.4, -0.2) is 17.0 Å². The van der Waals surface area contributed by atoms with Crippen LogP contribution in [0.3, 0.4) is 0 Å². The van der Waals surface area contributed by atoms with Gasteiger partial charge in [-0.2, -0.15) is 0 Å². The maximum absolute atomic E-state index is 12.0. The lowest BCUT2D eigenvalue weighted by Crippen LogP contribution is -2.30. The standard InChI is InChI=1S/C18H28N2O3/c1-17(2,13-18(3,4)12-16(22)20-23)11-10-15(21)19-14-8-6-5-7-9-14/h5-9,23H,10-13H2,1-4H3,(H,19,21)(H,20,22). The topological polar surface area (TPSA) is 78.4 Å². The Morgan fingerprint density at radius 3 is 2.17 bits per heavy atom. The molecule has 0 atom stereocenters. The summed E-state index contributed by atoms with van der Waals surface area (Å²) < 4.78 is 0. The van der Waals surface area contributed by atoms with Crippen LogP contribution < -0.4 is 10.8 Å². The summed E-state index contributed by atoms with van der Waals surface area (Å²) in [7, 11) is 0. The lowest BCUT2D eigenvalue weighted by atomic mass is 9.71. The second kappa shape index (κ2) is 8.11. The van der Waals surface area contributed by atoms with Crippen LogP contribution in [0, 0.1) is 10.8 Å². The van der Waals surface area contributed by atoms with Gasteiger partial charge in [-0.1, -0.05) is 45.9 Å². The number of hydrogen-bond donors (Lipinski definition) is 3. The molecule has 5 nitrogen and oxygen atoms in total. The molecule has 0 aliphatic carbocycles. The number of carbonyl (C=O) groups is 2. The number of carbonyl (C=O) groups excluding carboxylic acids is 2. The van der Waals surface area contributed by atoms with E-state index in [1.165, 1.54) is 0 Å². The first-order chi connectivity index (χ1) is 10.6. The highest BCUT2D eigenvalue weighted by Gasteiger charge is 2.31. The van der Waals surface area contributed by atoms with Crippen molar-refractivity contribution in [1.82, 2.24) is 5.48 Å². The zero-order valence-corrected chi connectivity index (χ0v) is 14.5. The lowest BCUT2D eigenvalue weighted by molar-refractivity contribution is -0.131. The van der Waals surface area contributed by atoms with E-state index in [9.17, 15) is 9.59 Å². The summed E-state index contributed by atoms with van der Waals surface area (Å²) in [4.78, 5) is 23.4. The predicted molar refractivity (Wildman–Crippen MR) is 91.0 cm³/mol. The average molecular weight is 320 g/mol. The van der Waals surface area contributed by atoms with Crippen molar-refractivity contribution in [3.05, 3.63) is 30.3 Å². The maximum Gasteiger partial charge on any atom is 0.243 e. The molecule has 1 aromatic rings. The number of amides is 2. The molecule has 0 bridgehead atoms. The summed E-state index contributed by atoms with van der Waals surface area (Å²) in [5.74, 6) is -0.386. The molecular formula is C18H28N2O3. The van der Waals surface area contributed by atoms with Crippen molar-refractivity contribution < 1.29 is 14.8 Å². The van der Waals surface area contributed by atoms with Crippen molar-refractivity contribution in [3.8, 4) is 0 Å². The Labute approximate surface area is 138 Å². The Morgan fingerprint density at radius 2 is 1.61 bits per heavy atom. The number of hydroxylamine groups is 1. The fourth-order valence-corrected chi connectivity index (χ4v) is 3.12. The zero-order valence-electron chi connectivity index (χ0n) is 14.5. The van der Waals surface area contributed by atoms with Crippen molar-refractivity contribution in [2.45, 2.75) is 53.4 Å². The summed E-state index contributed by atoms with van der Waals surface area (Å²) in [6.45, 7) is 8.19. The lowest BCUT2D eigenvalue weighted by Gasteiger charge is -2.34. The van der Waals surface area contributed by atoms with E-state index in [2.05, 4.69) is 19.2 Å². The van der Waals surface area contributed by atoms with E-state index in [4.69, 9.17) is 5.21 Å². The Balaban J connectivity index is 2.48. The van der Waals surface area contributed by atoms with Crippen LogP contribution in [0.5, 0.6) is 0 Å². The van der Waals surface area contributed by atoms with Gasteiger partial charge in [0.1, 0.15) is 0 Å². The molecule has 0 saturated heterocycles. The van der Waals surface area contributed by atoms with Crippen LogP contribution in [0.2, 0.25) is 0 Å². The van der Waals surface area contributed by atoms with Gasteiger partial charge in [0.25, 0.3) is 0 Å². The van der Waals surface area contributed by atoms with Gasteiger partial charge in [0, 0.05) is 18.5 Å². The molecule has 0 radical (unpaired) electrons. The molecule has 1 rings (SSSR count). The van der Waals surface area contributed by atoms with Crippen molar-refractivity contribution in [2.75, 3.05) is 5.32 Å². The van der Waals surface area contributed by atoms with Crippen molar-refractivity contribution >= 4 is 17.5 Å². The molecule has 3 N–H and O–H groups in total. The molecule has 0 saturated carbocycles. The van der Waals surface area contributed by atoms with E-state index in [1.54, 1.807) is 5.48 Å². The number of nitrogens with one attached hydrogen (secondary N) is 2. The third kappa shape index (κ3) is 7.79. The molecule has 1 aromatic carbocycles. The highest BCUT2D eigenvalue weighted by atomic mass is 16.5. The Kier molecular flexibility index (Phi) is 6.76. The van der Waals surface area contributed by atoms with Crippen molar-refractivity contribution in [3.63, 3.8) is 0 Å². The molecule has 0 spiro atoms. The first-order valence-corrected chi connectivity index (χ1v) is 7.91. The number of para-hydroxylation sites is 1. The fraction of sp³-hybridized carbons (Fsp3) is 0.556. The minimum Gasteiger partial charge on any atom is -0.326 e. The van der Waals surface area contributed by atoms with E-state index in [1.807, 2.05) is 44.2 Å². The molecule has 0 aliphatic rings. The smallest absolute Gasteiger partial charge is 0.243 e. The van der Waals surface area contributed by atoms with E-state index in [0.717, 1.165) is 18.5 Å². The number of rotatable bonds is 8. The van der Waals surface area contributed by atoms with Gasteiger partial charge < -0.3 is 5.32 Å². The van der Waals surface area contributed by atoms with E-state index in [0.29, 0.717) is 6.42 Å². The van der Waals surface area contributed by atoms with Crippen LogP contribution in [0.15, 0.2) is 30.3 Å². The van der Waals surface area contributed by atoms with Gasteiger partial charge in [0.05, 0.1) is 0 Å². The highest BCUT2D eigenvalue weighted by Crippen LogP contribution is 2.39. The second-order valence-corrected chi connectivity index (χ2v) is 7.63. The van der Waals surface area contributed by atoms with Crippen molar-refractivity contribution in [2.24, 2.45) is 10.8 Å². The van der Waals surface area contributed by atoms with Crippen molar-refractivity contribution in [1.29, 1.82) is 0 Å². The minimum atomic E-state index is -0.382. The maximum atomic E-state index is 12.0. The fourth-order valence-electron chi connectivity index (χ4n) is 3.12. The molecule has 0 aromatic heterocycles. The summed E-state index contributed by atoms with van der Waals surface area (Å²) in [6.07, 6.45) is 2.20. The SMILES string of the molecule is CC(C)(CCC(=O)Nc1ccccc1)CC(C)(C)CC(=O)NO. The molecule has 0 unspecified atom stereocenters. The molecule has 5 heteroatoms. The molecule has 0 fully saturated rings. The van der Waals surface area contributed by atoms with Crippen LogP contribution in [-0.2, 0) is 9.59 Å². The number of hydrogen-bond acceptors (Lipinski definition) is 3. The monoisotopic (exact) mass is 320 g/mol. The van der Waals surface area contributed by atoms with Gasteiger partial charge in [-0.25, -0.2) is 5.48 Å². The molecule has 128 valence electrons. The van der Waals surface area contributed by atoms with Crippen LogP contribution >= 0.6 is 0 Å². The van der Waals surface area contributed by atoms with E-state index in [-0.39, 0.29) is 29.1 Å². The number of anilines is 1. The number of benzene rings is 1. The Morgan fingerprint density at radius 1 is 1.00 bits per heavy atom. The van der Waals surface area contributed by atoms with Gasteiger partial charge in [-0.3, -0.25) is 14.8 Å². The predicted octanol–water partition coefficient (Wildman–Crippen LogP) is 3.74. The molecule has 2 amide bonds. The van der Waals surface area contributed by atoms with Gasteiger partial charge in [-0.15, -0.1) is 0 Å². The third-order valence-electron chi connectivity index (χ3n) is 3.81. The summed E-state index contributed by atoms with van der Waals surface area (Å²) in [5.41, 5.74) is 2.16. The highest BCUT2D eigenvalue weighted by molar-refractivity contribution is 5.90. The van der Waals surface area contributed by atoms with Gasteiger partial charge >= 0.3 is 0 Å². The average Bonchev–Trinajstić information content (AvgIpc) is 2.44. The van der Waals surface area contributed by atoms with Gasteiger partial charge in [0.2, 0.25) is 11.8 Å². The first-order valence-electron chi connectivity index (χ1n) is 7.91.